The van der Waals surface area contributed by atoms with Crippen molar-refractivity contribution in [2.24, 2.45) is 5.73 Å². The summed E-state index contributed by atoms with van der Waals surface area (Å²) in [5, 5.41) is 0. The standard InChI is InChI=1S/C15H24N2S/c1-12-4-5-15(14(10-12)11-13(2)16)17-6-3-8-18-9-7-17/h4-5,10,13H,3,6-9,11,16H2,1-2H3. The lowest BCUT2D eigenvalue weighted by Crippen LogP contribution is -2.28. The second-order valence-electron chi connectivity index (χ2n) is 5.27. The maximum absolute atomic E-state index is 5.98. The maximum atomic E-state index is 5.98. The summed E-state index contributed by atoms with van der Waals surface area (Å²) in [5.74, 6) is 2.54. The van der Waals surface area contributed by atoms with Crippen LogP contribution in [0, 0.1) is 6.92 Å². The molecule has 0 aliphatic carbocycles. The Hall–Kier alpha value is -0.670. The Morgan fingerprint density at radius 1 is 1.33 bits per heavy atom. The van der Waals surface area contributed by atoms with E-state index in [1.165, 1.54) is 47.8 Å². The zero-order valence-electron chi connectivity index (χ0n) is 11.5. The van der Waals surface area contributed by atoms with Crippen molar-refractivity contribution in [2.45, 2.75) is 32.7 Å². The molecule has 1 atom stereocenters. The number of rotatable bonds is 3. The smallest absolute Gasteiger partial charge is 0.0399 e. The highest BCUT2D eigenvalue weighted by Gasteiger charge is 2.14. The highest BCUT2D eigenvalue weighted by atomic mass is 32.2. The minimum absolute atomic E-state index is 0.229. The van der Waals surface area contributed by atoms with Gasteiger partial charge in [0, 0.05) is 30.6 Å². The van der Waals surface area contributed by atoms with Gasteiger partial charge < -0.3 is 10.6 Å². The summed E-state index contributed by atoms with van der Waals surface area (Å²) in [6.07, 6.45) is 2.26. The molecule has 0 spiro atoms. The molecular formula is C15H24N2S. The van der Waals surface area contributed by atoms with Crippen LogP contribution in [-0.4, -0.2) is 30.6 Å². The first-order chi connectivity index (χ1) is 8.66. The van der Waals surface area contributed by atoms with Crippen LogP contribution >= 0.6 is 11.8 Å². The Kier molecular flexibility index (Phi) is 4.95. The van der Waals surface area contributed by atoms with Crippen molar-refractivity contribution >= 4 is 17.4 Å². The lowest BCUT2D eigenvalue weighted by atomic mass is 10.0. The Bertz CT molecular complexity index is 382. The third-order valence-electron chi connectivity index (χ3n) is 3.34. The molecule has 0 aromatic heterocycles. The van der Waals surface area contributed by atoms with Crippen molar-refractivity contribution in [1.82, 2.24) is 0 Å². The Labute approximate surface area is 115 Å². The highest BCUT2D eigenvalue weighted by Crippen LogP contribution is 2.25. The molecule has 2 nitrogen and oxygen atoms in total. The summed E-state index contributed by atoms with van der Waals surface area (Å²) < 4.78 is 0. The van der Waals surface area contributed by atoms with Crippen LogP contribution in [0.1, 0.15) is 24.5 Å². The Morgan fingerprint density at radius 2 is 2.17 bits per heavy atom. The molecular weight excluding hydrogens is 240 g/mol. The van der Waals surface area contributed by atoms with E-state index in [9.17, 15) is 0 Å². The van der Waals surface area contributed by atoms with Crippen LogP contribution in [0.3, 0.4) is 0 Å². The van der Waals surface area contributed by atoms with Crippen LogP contribution < -0.4 is 10.6 Å². The van der Waals surface area contributed by atoms with Crippen molar-refractivity contribution in [2.75, 3.05) is 29.5 Å². The maximum Gasteiger partial charge on any atom is 0.0399 e. The van der Waals surface area contributed by atoms with Crippen LogP contribution in [0.4, 0.5) is 5.69 Å². The van der Waals surface area contributed by atoms with E-state index in [0.717, 1.165) is 6.42 Å². The van der Waals surface area contributed by atoms with E-state index in [1.54, 1.807) is 0 Å². The van der Waals surface area contributed by atoms with E-state index < -0.39 is 0 Å². The van der Waals surface area contributed by atoms with Gasteiger partial charge in [-0.1, -0.05) is 17.7 Å². The van der Waals surface area contributed by atoms with Gasteiger partial charge in [-0.3, -0.25) is 0 Å². The molecule has 1 aliphatic rings. The molecule has 100 valence electrons. The first-order valence-corrected chi connectivity index (χ1v) is 8.00. The molecule has 1 aromatic carbocycles. The van der Waals surface area contributed by atoms with Crippen LogP contribution in [-0.2, 0) is 6.42 Å². The second-order valence-corrected chi connectivity index (χ2v) is 6.49. The van der Waals surface area contributed by atoms with Crippen LogP contribution in [0.5, 0.6) is 0 Å². The summed E-state index contributed by atoms with van der Waals surface area (Å²) >= 11 is 2.07. The molecule has 3 heteroatoms. The Morgan fingerprint density at radius 3 is 2.94 bits per heavy atom. The van der Waals surface area contributed by atoms with Gasteiger partial charge in [0.25, 0.3) is 0 Å². The van der Waals surface area contributed by atoms with Crippen molar-refractivity contribution in [3.8, 4) is 0 Å². The fourth-order valence-corrected chi connectivity index (χ4v) is 3.41. The normalized spacial score (nSPS) is 18.5. The van der Waals surface area contributed by atoms with Crippen molar-refractivity contribution < 1.29 is 0 Å². The highest BCUT2D eigenvalue weighted by molar-refractivity contribution is 7.99. The molecule has 1 saturated heterocycles. The van der Waals surface area contributed by atoms with Gasteiger partial charge in [-0.15, -0.1) is 0 Å². The number of benzene rings is 1. The molecule has 2 N–H and O–H groups in total. The van der Waals surface area contributed by atoms with Gasteiger partial charge in [-0.25, -0.2) is 0 Å². The predicted molar refractivity (Wildman–Crippen MR) is 82.7 cm³/mol. The molecule has 0 amide bonds. The molecule has 2 rings (SSSR count). The molecule has 1 fully saturated rings. The zero-order chi connectivity index (χ0) is 13.0. The van der Waals surface area contributed by atoms with E-state index >= 15 is 0 Å². The van der Waals surface area contributed by atoms with Gasteiger partial charge in [0.2, 0.25) is 0 Å². The number of nitrogens with zero attached hydrogens (tertiary/aromatic N) is 1. The third-order valence-corrected chi connectivity index (χ3v) is 4.39. The fourth-order valence-electron chi connectivity index (χ4n) is 2.52. The monoisotopic (exact) mass is 264 g/mol. The molecule has 0 saturated carbocycles. The summed E-state index contributed by atoms with van der Waals surface area (Å²) in [5.41, 5.74) is 10.1. The number of nitrogens with two attached hydrogens (primary N) is 1. The van der Waals surface area contributed by atoms with E-state index in [1.807, 2.05) is 0 Å². The van der Waals surface area contributed by atoms with Crippen molar-refractivity contribution in [3.05, 3.63) is 29.3 Å². The van der Waals surface area contributed by atoms with Crippen molar-refractivity contribution in [1.29, 1.82) is 0 Å². The topological polar surface area (TPSA) is 29.3 Å². The minimum atomic E-state index is 0.229. The van der Waals surface area contributed by atoms with E-state index in [4.69, 9.17) is 5.73 Å². The average molecular weight is 264 g/mol. The number of anilines is 1. The van der Waals surface area contributed by atoms with E-state index in [0.29, 0.717) is 0 Å². The van der Waals surface area contributed by atoms with Gasteiger partial charge in [0.15, 0.2) is 0 Å². The van der Waals surface area contributed by atoms with Gasteiger partial charge in [-0.2, -0.15) is 11.8 Å². The Balaban J connectivity index is 2.23. The SMILES string of the molecule is Cc1ccc(N2CCCSCC2)c(CC(C)N)c1. The van der Waals surface area contributed by atoms with Crippen LogP contribution in [0.25, 0.3) is 0 Å². The molecule has 1 aliphatic heterocycles. The van der Waals surface area contributed by atoms with Crippen LogP contribution in [0.2, 0.25) is 0 Å². The van der Waals surface area contributed by atoms with Crippen molar-refractivity contribution in [3.63, 3.8) is 0 Å². The second kappa shape index (κ2) is 6.48. The number of aryl methyl sites for hydroxylation is 1. The molecule has 1 heterocycles. The fraction of sp³-hybridized carbons (Fsp3) is 0.600. The quantitative estimate of drug-likeness (QED) is 0.910. The predicted octanol–water partition coefficient (Wildman–Crippen LogP) is 2.83. The van der Waals surface area contributed by atoms with Gasteiger partial charge in [-0.05, 0) is 44.1 Å². The first-order valence-electron chi connectivity index (χ1n) is 6.84. The number of hydrogen-bond acceptors (Lipinski definition) is 3. The lowest BCUT2D eigenvalue weighted by Gasteiger charge is -2.26. The lowest BCUT2D eigenvalue weighted by molar-refractivity contribution is 0.728. The van der Waals surface area contributed by atoms with Crippen LogP contribution in [0.15, 0.2) is 18.2 Å². The molecule has 18 heavy (non-hydrogen) atoms. The summed E-state index contributed by atoms with van der Waals surface area (Å²) in [4.78, 5) is 2.54. The molecule has 1 unspecified atom stereocenters. The third kappa shape index (κ3) is 3.66. The van der Waals surface area contributed by atoms with Gasteiger partial charge in [0.1, 0.15) is 0 Å². The first kappa shape index (κ1) is 13.8. The molecule has 0 radical (unpaired) electrons. The summed E-state index contributed by atoms with van der Waals surface area (Å²) in [6.45, 7) is 6.60. The average Bonchev–Trinajstić information content (AvgIpc) is 2.57. The number of thioether (sulfide) groups is 1. The summed E-state index contributed by atoms with van der Waals surface area (Å²) in [6, 6.07) is 7.03. The van der Waals surface area contributed by atoms with E-state index in [-0.39, 0.29) is 6.04 Å². The zero-order valence-corrected chi connectivity index (χ0v) is 12.3. The largest absolute Gasteiger partial charge is 0.370 e. The van der Waals surface area contributed by atoms with E-state index in [2.05, 4.69) is 48.7 Å². The number of hydrogen-bond donors (Lipinski definition) is 1. The molecule has 1 aromatic rings. The minimum Gasteiger partial charge on any atom is -0.370 e. The molecule has 0 bridgehead atoms. The summed E-state index contributed by atoms with van der Waals surface area (Å²) in [7, 11) is 0. The van der Waals surface area contributed by atoms with Gasteiger partial charge >= 0.3 is 0 Å². The van der Waals surface area contributed by atoms with Gasteiger partial charge in [0.05, 0.1) is 0 Å².